The normalized spacial score (nSPS) is 14.9. The van der Waals surface area contributed by atoms with Gasteiger partial charge in [0.05, 0.1) is 12.5 Å². The second-order valence-electron chi connectivity index (χ2n) is 8.69. The first kappa shape index (κ1) is 21.3. The number of hydrogen-bond acceptors (Lipinski definition) is 7. The fourth-order valence-corrected chi connectivity index (χ4v) is 3.99. The van der Waals surface area contributed by atoms with Crippen LogP contribution in [-0.2, 0) is 18.3 Å². The largest absolute Gasteiger partial charge is 0.479 e. The Morgan fingerprint density at radius 1 is 1.29 bits per heavy atom. The predicted octanol–water partition coefficient (Wildman–Crippen LogP) is 3.30. The number of nitrogens with zero attached hydrogens (tertiary/aromatic N) is 5. The Labute approximate surface area is 181 Å². The first-order valence-corrected chi connectivity index (χ1v) is 10.8. The first-order chi connectivity index (χ1) is 14.8. The molecule has 3 aromatic rings. The third kappa shape index (κ3) is 4.13. The number of ether oxygens (including phenoxy) is 1. The molecule has 9 heteroatoms. The molecule has 166 valence electrons. The van der Waals surface area contributed by atoms with Gasteiger partial charge < -0.3 is 14.6 Å². The number of hydrogen-bond donors (Lipinski definition) is 1. The highest BCUT2D eigenvalue weighted by Crippen LogP contribution is 2.38. The van der Waals surface area contributed by atoms with Gasteiger partial charge in [-0.05, 0) is 50.2 Å². The monoisotopic (exact) mass is 426 g/mol. The summed E-state index contributed by atoms with van der Waals surface area (Å²) < 4.78 is 12.6. The first-order valence-electron chi connectivity index (χ1n) is 10.8. The van der Waals surface area contributed by atoms with Gasteiger partial charge in [-0.3, -0.25) is 4.79 Å². The van der Waals surface area contributed by atoms with Crippen molar-refractivity contribution in [3.05, 3.63) is 28.5 Å². The Morgan fingerprint density at radius 2 is 2.03 bits per heavy atom. The number of fused-ring (bicyclic) bond motifs is 1. The van der Waals surface area contributed by atoms with E-state index in [-0.39, 0.29) is 17.9 Å². The Bertz CT molecular complexity index is 1110. The summed E-state index contributed by atoms with van der Waals surface area (Å²) in [5.74, 6) is 2.29. The molecule has 0 radical (unpaired) electrons. The molecule has 1 atom stereocenters. The Kier molecular flexibility index (Phi) is 5.68. The lowest BCUT2D eigenvalue weighted by Crippen LogP contribution is -2.32. The third-order valence-electron chi connectivity index (χ3n) is 5.97. The molecule has 4 rings (SSSR count). The second kappa shape index (κ2) is 8.28. The minimum atomic E-state index is -0.297. The average molecular weight is 427 g/mol. The summed E-state index contributed by atoms with van der Waals surface area (Å²) in [6, 6.07) is -0.297. The minimum absolute atomic E-state index is 0.0538. The van der Waals surface area contributed by atoms with Gasteiger partial charge in [0.25, 0.3) is 0 Å². The molecule has 31 heavy (non-hydrogen) atoms. The standard InChI is InChI=1S/C22H30N6O3/c1-11(2)18(22-25-19(27-31-22)14-7-8-14)24-16(29)10-9-15-12(3)17-20(23-13(15)4)28(5)26-21(17)30-6/h11,14,18H,7-10H2,1-6H3,(H,24,29). The summed E-state index contributed by atoms with van der Waals surface area (Å²) in [5.41, 5.74) is 3.77. The van der Waals surface area contributed by atoms with Gasteiger partial charge in [0, 0.05) is 25.1 Å². The van der Waals surface area contributed by atoms with E-state index in [0.717, 1.165) is 46.5 Å². The molecule has 9 nitrogen and oxygen atoms in total. The van der Waals surface area contributed by atoms with Gasteiger partial charge in [-0.15, -0.1) is 5.10 Å². The lowest BCUT2D eigenvalue weighted by molar-refractivity contribution is -0.122. The summed E-state index contributed by atoms with van der Waals surface area (Å²) in [7, 11) is 3.45. The average Bonchev–Trinajstić information content (AvgIpc) is 3.37. The van der Waals surface area contributed by atoms with Gasteiger partial charge in [0.2, 0.25) is 17.7 Å². The van der Waals surface area contributed by atoms with Crippen LogP contribution in [0.25, 0.3) is 11.0 Å². The van der Waals surface area contributed by atoms with Crippen molar-refractivity contribution in [3.63, 3.8) is 0 Å². The molecule has 1 fully saturated rings. The molecule has 1 N–H and O–H groups in total. The van der Waals surface area contributed by atoms with Crippen LogP contribution in [0.5, 0.6) is 5.88 Å². The number of amides is 1. The van der Waals surface area contributed by atoms with Crippen molar-refractivity contribution in [3.8, 4) is 5.88 Å². The third-order valence-corrected chi connectivity index (χ3v) is 5.97. The van der Waals surface area contributed by atoms with E-state index in [9.17, 15) is 4.79 Å². The maximum Gasteiger partial charge on any atom is 0.249 e. The van der Waals surface area contributed by atoms with E-state index in [2.05, 4.69) is 20.6 Å². The molecule has 1 unspecified atom stereocenters. The number of rotatable bonds is 8. The molecule has 1 aliphatic carbocycles. The SMILES string of the molecule is COc1nn(C)c2nc(C)c(CCC(=O)NC(c3nc(C4CC4)no3)C(C)C)c(C)c12. The lowest BCUT2D eigenvalue weighted by Gasteiger charge is -2.19. The molecule has 3 aromatic heterocycles. The summed E-state index contributed by atoms with van der Waals surface area (Å²) >= 11 is 0. The van der Waals surface area contributed by atoms with E-state index >= 15 is 0 Å². The molecular formula is C22H30N6O3. The van der Waals surface area contributed by atoms with E-state index < -0.39 is 0 Å². The van der Waals surface area contributed by atoms with Crippen LogP contribution in [0.4, 0.5) is 0 Å². The Balaban J connectivity index is 1.49. The van der Waals surface area contributed by atoms with Gasteiger partial charge in [-0.1, -0.05) is 19.0 Å². The van der Waals surface area contributed by atoms with E-state index in [1.54, 1.807) is 11.8 Å². The smallest absolute Gasteiger partial charge is 0.249 e. The zero-order valence-electron chi connectivity index (χ0n) is 19.0. The van der Waals surface area contributed by atoms with Gasteiger partial charge >= 0.3 is 0 Å². The van der Waals surface area contributed by atoms with Crippen LogP contribution in [0.3, 0.4) is 0 Å². The maximum atomic E-state index is 12.8. The van der Waals surface area contributed by atoms with Gasteiger partial charge in [-0.2, -0.15) is 4.98 Å². The Morgan fingerprint density at radius 3 is 2.68 bits per heavy atom. The molecule has 0 spiro atoms. The van der Waals surface area contributed by atoms with Gasteiger partial charge in [0.1, 0.15) is 6.04 Å². The van der Waals surface area contributed by atoms with Crippen molar-refractivity contribution in [1.82, 2.24) is 30.2 Å². The van der Waals surface area contributed by atoms with Crippen LogP contribution >= 0.6 is 0 Å². The zero-order valence-corrected chi connectivity index (χ0v) is 19.0. The quantitative estimate of drug-likeness (QED) is 0.589. The number of aryl methyl sites for hydroxylation is 3. The molecule has 3 heterocycles. The van der Waals surface area contributed by atoms with Crippen LogP contribution < -0.4 is 10.1 Å². The molecule has 0 aromatic carbocycles. The van der Waals surface area contributed by atoms with Crippen molar-refractivity contribution >= 4 is 16.9 Å². The number of aromatic nitrogens is 5. The van der Waals surface area contributed by atoms with Crippen LogP contribution in [-0.4, -0.2) is 37.9 Å². The molecule has 1 aliphatic rings. The molecule has 0 aliphatic heterocycles. The maximum absolute atomic E-state index is 12.8. The highest BCUT2D eigenvalue weighted by molar-refractivity contribution is 5.86. The molecule has 0 bridgehead atoms. The van der Waals surface area contributed by atoms with Crippen molar-refractivity contribution in [2.75, 3.05) is 7.11 Å². The molecule has 1 saturated carbocycles. The van der Waals surface area contributed by atoms with E-state index in [1.807, 2.05) is 34.7 Å². The van der Waals surface area contributed by atoms with E-state index in [0.29, 0.717) is 30.5 Å². The highest BCUT2D eigenvalue weighted by atomic mass is 16.5. The van der Waals surface area contributed by atoms with Crippen LogP contribution in [0, 0.1) is 19.8 Å². The van der Waals surface area contributed by atoms with Crippen molar-refractivity contribution in [1.29, 1.82) is 0 Å². The lowest BCUT2D eigenvalue weighted by atomic mass is 9.99. The number of pyridine rings is 1. The van der Waals surface area contributed by atoms with Crippen molar-refractivity contribution in [2.45, 2.75) is 65.3 Å². The van der Waals surface area contributed by atoms with E-state index in [1.165, 1.54) is 0 Å². The van der Waals surface area contributed by atoms with Crippen molar-refractivity contribution in [2.24, 2.45) is 13.0 Å². The summed E-state index contributed by atoms with van der Waals surface area (Å²) in [5, 5.41) is 12.4. The highest BCUT2D eigenvalue weighted by Gasteiger charge is 2.31. The van der Waals surface area contributed by atoms with Crippen LogP contribution in [0.2, 0.25) is 0 Å². The number of carbonyl (C=O) groups excluding carboxylic acids is 1. The van der Waals surface area contributed by atoms with Gasteiger partial charge in [0.15, 0.2) is 11.5 Å². The number of methoxy groups -OCH3 is 1. The summed E-state index contributed by atoms with van der Waals surface area (Å²) in [4.78, 5) is 22.0. The fraction of sp³-hybridized carbons (Fsp3) is 0.591. The zero-order chi connectivity index (χ0) is 22.3. The second-order valence-corrected chi connectivity index (χ2v) is 8.69. The minimum Gasteiger partial charge on any atom is -0.479 e. The summed E-state index contributed by atoms with van der Waals surface area (Å²) in [6.07, 6.45) is 3.13. The van der Waals surface area contributed by atoms with Crippen LogP contribution in [0.15, 0.2) is 4.52 Å². The van der Waals surface area contributed by atoms with E-state index in [4.69, 9.17) is 14.2 Å². The topological polar surface area (TPSA) is 108 Å². The Hall–Kier alpha value is -2.97. The summed E-state index contributed by atoms with van der Waals surface area (Å²) in [6.45, 7) is 8.07. The number of carbonyl (C=O) groups is 1. The van der Waals surface area contributed by atoms with Crippen molar-refractivity contribution < 1.29 is 14.1 Å². The molecule has 0 saturated heterocycles. The van der Waals surface area contributed by atoms with Crippen LogP contribution in [0.1, 0.15) is 73.6 Å². The molecule has 1 amide bonds. The molecular weight excluding hydrogens is 396 g/mol. The fourth-order valence-electron chi connectivity index (χ4n) is 3.99. The van der Waals surface area contributed by atoms with Gasteiger partial charge in [-0.25, -0.2) is 9.67 Å². The number of nitrogens with one attached hydrogen (secondary N) is 1. The predicted molar refractivity (Wildman–Crippen MR) is 115 cm³/mol.